The Hall–Kier alpha value is -1.92. The normalized spacial score (nSPS) is 10.4. The number of ether oxygens (including phenoxy) is 1. The fraction of sp³-hybridized carbons (Fsp3) is 0.278. The van der Waals surface area contributed by atoms with Crippen molar-refractivity contribution in [2.45, 2.75) is 24.7 Å². The summed E-state index contributed by atoms with van der Waals surface area (Å²) in [6, 6.07) is 10.8. The summed E-state index contributed by atoms with van der Waals surface area (Å²) in [4.78, 5) is 38.3. The molecule has 126 valence electrons. The van der Waals surface area contributed by atoms with E-state index in [0.29, 0.717) is 10.4 Å². The average molecular weight is 362 g/mol. The number of Topliss-reactive ketones (excluding diaryl/α,β-unsaturated/α-hetero) is 2. The molecular formula is C18H18O4S2. The maximum Gasteiger partial charge on any atom is 0.306 e. The number of benzene rings is 1. The topological polar surface area (TPSA) is 60.4 Å². The van der Waals surface area contributed by atoms with E-state index in [1.54, 1.807) is 30.0 Å². The van der Waals surface area contributed by atoms with Gasteiger partial charge < -0.3 is 4.74 Å². The van der Waals surface area contributed by atoms with E-state index in [4.69, 9.17) is 4.74 Å². The van der Waals surface area contributed by atoms with Crippen LogP contribution in [0.25, 0.3) is 0 Å². The van der Waals surface area contributed by atoms with Gasteiger partial charge in [-0.1, -0.05) is 12.1 Å². The molecule has 0 aliphatic rings. The predicted molar refractivity (Wildman–Crippen MR) is 96.1 cm³/mol. The molecule has 24 heavy (non-hydrogen) atoms. The Morgan fingerprint density at radius 1 is 1.00 bits per heavy atom. The first-order chi connectivity index (χ1) is 11.5. The molecule has 0 unspecified atom stereocenters. The number of thioether (sulfide) groups is 1. The van der Waals surface area contributed by atoms with E-state index in [0.717, 1.165) is 9.77 Å². The van der Waals surface area contributed by atoms with Gasteiger partial charge in [-0.2, -0.15) is 0 Å². The number of esters is 1. The van der Waals surface area contributed by atoms with Crippen molar-refractivity contribution in [3.63, 3.8) is 0 Å². The van der Waals surface area contributed by atoms with Crippen LogP contribution in [0.3, 0.4) is 0 Å². The van der Waals surface area contributed by atoms with Gasteiger partial charge in [-0.25, -0.2) is 0 Å². The van der Waals surface area contributed by atoms with Gasteiger partial charge in [-0.15, -0.1) is 23.1 Å². The maximum absolute atomic E-state index is 12.0. The molecule has 0 fully saturated rings. The predicted octanol–water partition coefficient (Wildman–Crippen LogP) is 4.17. The maximum atomic E-state index is 12.0. The van der Waals surface area contributed by atoms with Crippen LogP contribution in [0.1, 0.15) is 37.7 Å². The van der Waals surface area contributed by atoms with Crippen LogP contribution in [0.4, 0.5) is 0 Å². The minimum atomic E-state index is -0.536. The Bertz CT molecular complexity index is 732. The highest BCUT2D eigenvalue weighted by atomic mass is 32.2. The van der Waals surface area contributed by atoms with E-state index in [1.165, 1.54) is 11.3 Å². The van der Waals surface area contributed by atoms with E-state index >= 15 is 0 Å². The Balaban J connectivity index is 1.76. The quantitative estimate of drug-likeness (QED) is 0.401. The molecule has 0 aliphatic carbocycles. The molecule has 0 saturated heterocycles. The molecule has 0 aliphatic heterocycles. The lowest BCUT2D eigenvalue weighted by atomic mass is 10.1. The van der Waals surface area contributed by atoms with Crippen LogP contribution in [-0.4, -0.2) is 30.4 Å². The van der Waals surface area contributed by atoms with Gasteiger partial charge in [0.15, 0.2) is 18.2 Å². The number of hydrogen-bond acceptors (Lipinski definition) is 6. The average Bonchev–Trinajstić information content (AvgIpc) is 3.04. The molecule has 0 atom stereocenters. The second kappa shape index (κ2) is 8.80. The highest BCUT2D eigenvalue weighted by molar-refractivity contribution is 7.98. The summed E-state index contributed by atoms with van der Waals surface area (Å²) < 4.78 is 4.96. The van der Waals surface area contributed by atoms with Gasteiger partial charge in [-0.3, -0.25) is 14.4 Å². The van der Waals surface area contributed by atoms with Crippen LogP contribution in [0, 0.1) is 6.92 Å². The summed E-state index contributed by atoms with van der Waals surface area (Å²) in [7, 11) is 0. The zero-order chi connectivity index (χ0) is 17.5. The number of hydrogen-bond donors (Lipinski definition) is 0. The molecule has 0 spiro atoms. The van der Waals surface area contributed by atoms with Crippen molar-refractivity contribution >= 4 is 40.6 Å². The van der Waals surface area contributed by atoms with Gasteiger partial charge in [-0.05, 0) is 37.4 Å². The summed E-state index contributed by atoms with van der Waals surface area (Å²) in [6.07, 6.45) is 2.03. The SMILES string of the molecule is CSc1ccc(C(=O)COC(=O)CCC(=O)c2ccc(C)s2)cc1. The van der Waals surface area contributed by atoms with Gasteiger partial charge >= 0.3 is 5.97 Å². The third-order valence-electron chi connectivity index (χ3n) is 3.35. The van der Waals surface area contributed by atoms with Gasteiger partial charge in [0.25, 0.3) is 0 Å². The Labute approximate surface area is 149 Å². The van der Waals surface area contributed by atoms with E-state index in [2.05, 4.69) is 0 Å². The largest absolute Gasteiger partial charge is 0.457 e. The fourth-order valence-electron chi connectivity index (χ4n) is 2.00. The Morgan fingerprint density at radius 2 is 1.71 bits per heavy atom. The highest BCUT2D eigenvalue weighted by Gasteiger charge is 2.14. The monoisotopic (exact) mass is 362 g/mol. The third kappa shape index (κ3) is 5.32. The highest BCUT2D eigenvalue weighted by Crippen LogP contribution is 2.18. The lowest BCUT2D eigenvalue weighted by Crippen LogP contribution is -2.15. The van der Waals surface area contributed by atoms with Crippen LogP contribution < -0.4 is 0 Å². The van der Waals surface area contributed by atoms with Gasteiger partial charge in [0.2, 0.25) is 0 Å². The lowest BCUT2D eigenvalue weighted by Gasteiger charge is -2.05. The van der Waals surface area contributed by atoms with Crippen molar-refractivity contribution in [3.05, 3.63) is 51.7 Å². The van der Waals surface area contributed by atoms with Gasteiger partial charge in [0.05, 0.1) is 11.3 Å². The van der Waals surface area contributed by atoms with Crippen LogP contribution in [-0.2, 0) is 9.53 Å². The lowest BCUT2D eigenvalue weighted by molar-refractivity contribution is -0.142. The van der Waals surface area contributed by atoms with Crippen molar-refractivity contribution in [3.8, 4) is 0 Å². The van der Waals surface area contributed by atoms with Gasteiger partial charge in [0.1, 0.15) is 0 Å². The zero-order valence-electron chi connectivity index (χ0n) is 13.5. The molecule has 4 nitrogen and oxygen atoms in total. The van der Waals surface area contributed by atoms with Crippen molar-refractivity contribution in [1.82, 2.24) is 0 Å². The first-order valence-electron chi connectivity index (χ1n) is 7.42. The molecular weight excluding hydrogens is 344 g/mol. The van der Waals surface area contributed by atoms with Crippen LogP contribution in [0.15, 0.2) is 41.3 Å². The van der Waals surface area contributed by atoms with Crippen LogP contribution in [0.5, 0.6) is 0 Å². The minimum Gasteiger partial charge on any atom is -0.457 e. The van der Waals surface area contributed by atoms with E-state index in [1.807, 2.05) is 31.4 Å². The molecule has 1 aromatic carbocycles. The summed E-state index contributed by atoms with van der Waals surface area (Å²) in [5.74, 6) is -0.869. The first kappa shape index (κ1) is 18.4. The third-order valence-corrected chi connectivity index (χ3v) is 5.13. The minimum absolute atomic E-state index is 0.0194. The number of rotatable bonds is 8. The number of carbonyl (C=O) groups is 3. The first-order valence-corrected chi connectivity index (χ1v) is 9.46. The fourth-order valence-corrected chi connectivity index (χ4v) is 3.24. The van der Waals surface area contributed by atoms with Crippen molar-refractivity contribution < 1.29 is 19.1 Å². The smallest absolute Gasteiger partial charge is 0.306 e. The van der Waals surface area contributed by atoms with Gasteiger partial charge in [0, 0.05) is 21.8 Å². The molecule has 0 amide bonds. The summed E-state index contributed by atoms with van der Waals surface area (Å²) >= 11 is 3.00. The summed E-state index contributed by atoms with van der Waals surface area (Å²) in [5.41, 5.74) is 0.505. The molecule has 0 N–H and O–H groups in total. The molecule has 2 aromatic rings. The van der Waals surface area contributed by atoms with Crippen molar-refractivity contribution in [2.75, 3.05) is 12.9 Å². The second-order valence-corrected chi connectivity index (χ2v) is 7.31. The van der Waals surface area contributed by atoms with Crippen molar-refractivity contribution in [1.29, 1.82) is 0 Å². The standard InChI is InChI=1S/C18H18O4S2/c1-12-3-9-17(24-12)15(19)8-10-18(21)22-11-16(20)13-4-6-14(23-2)7-5-13/h3-7,9H,8,10-11H2,1-2H3. The van der Waals surface area contributed by atoms with E-state index in [-0.39, 0.29) is 31.0 Å². The molecule has 2 rings (SSSR count). The summed E-state index contributed by atoms with van der Waals surface area (Å²) in [6.45, 7) is 1.62. The number of ketones is 2. The van der Waals surface area contributed by atoms with Crippen molar-refractivity contribution in [2.24, 2.45) is 0 Å². The number of thiophene rings is 1. The number of carbonyl (C=O) groups excluding carboxylic acids is 3. The second-order valence-electron chi connectivity index (χ2n) is 5.15. The number of aryl methyl sites for hydroxylation is 1. The molecule has 0 radical (unpaired) electrons. The van der Waals surface area contributed by atoms with Crippen LogP contribution in [0.2, 0.25) is 0 Å². The van der Waals surface area contributed by atoms with Crippen LogP contribution >= 0.6 is 23.1 Å². The summed E-state index contributed by atoms with van der Waals surface area (Å²) in [5, 5.41) is 0. The molecule has 0 bridgehead atoms. The zero-order valence-corrected chi connectivity index (χ0v) is 15.2. The van der Waals surface area contributed by atoms with E-state index in [9.17, 15) is 14.4 Å². The molecule has 0 saturated carbocycles. The molecule has 6 heteroatoms. The molecule has 1 aromatic heterocycles. The Kier molecular flexibility index (Phi) is 6.75. The van der Waals surface area contributed by atoms with E-state index < -0.39 is 5.97 Å². The molecule has 1 heterocycles. The Morgan fingerprint density at radius 3 is 2.29 bits per heavy atom.